The fourth-order valence-electron chi connectivity index (χ4n) is 3.30. The molecule has 2 fully saturated rings. The molecule has 0 N–H and O–H groups in total. The Morgan fingerprint density at radius 2 is 2.22 bits per heavy atom. The van der Waals surface area contributed by atoms with Crippen molar-refractivity contribution >= 4 is 29.2 Å². The number of carbonyl (C=O) groups excluding carboxylic acids is 2. The number of halogens is 1. The molecule has 1 aromatic carbocycles. The summed E-state index contributed by atoms with van der Waals surface area (Å²) in [7, 11) is 0. The normalized spacial score (nSPS) is 24.7. The third-order valence-corrected chi connectivity index (χ3v) is 4.75. The van der Waals surface area contributed by atoms with Gasteiger partial charge in [0, 0.05) is 48.7 Å². The van der Waals surface area contributed by atoms with E-state index in [1.807, 2.05) is 29.2 Å². The zero-order chi connectivity index (χ0) is 16.4. The predicted molar refractivity (Wildman–Crippen MR) is 88.5 cm³/mol. The Balaban J connectivity index is 1.58. The molecule has 0 aliphatic carbocycles. The second kappa shape index (κ2) is 6.79. The van der Waals surface area contributed by atoms with E-state index in [2.05, 4.69) is 11.8 Å². The number of rotatable bonds is 3. The molecule has 5 nitrogen and oxygen atoms in total. The number of hydrogen-bond acceptors (Lipinski definition) is 4. The first kappa shape index (κ1) is 16.1. The lowest BCUT2D eigenvalue weighted by Gasteiger charge is -2.41. The fraction of sp³-hybridized carbons (Fsp3) is 0.529. The van der Waals surface area contributed by atoms with Crippen molar-refractivity contribution in [1.82, 2.24) is 4.90 Å². The highest BCUT2D eigenvalue weighted by Crippen LogP contribution is 2.24. The van der Waals surface area contributed by atoms with Crippen molar-refractivity contribution in [3.05, 3.63) is 29.3 Å². The maximum Gasteiger partial charge on any atom is 0.306 e. The average Bonchev–Trinajstić information content (AvgIpc) is 2.92. The maximum atomic E-state index is 12.5. The van der Waals surface area contributed by atoms with Gasteiger partial charge in [-0.25, -0.2) is 0 Å². The van der Waals surface area contributed by atoms with Crippen molar-refractivity contribution in [3.63, 3.8) is 0 Å². The zero-order valence-corrected chi connectivity index (χ0v) is 14.0. The summed E-state index contributed by atoms with van der Waals surface area (Å²) in [6.07, 6.45) is 0.760. The largest absolute Gasteiger partial charge is 0.465 e. The van der Waals surface area contributed by atoms with E-state index in [-0.39, 0.29) is 23.8 Å². The molecular formula is C17H21ClN2O3. The van der Waals surface area contributed by atoms with E-state index >= 15 is 0 Å². The Kier molecular flexibility index (Phi) is 4.76. The summed E-state index contributed by atoms with van der Waals surface area (Å²) >= 11 is 6.06. The SMILES string of the molecule is C[C@H]1CN(c2cccc(Cl)c2)CCN1C(=O)C[C@H]1COC(=O)C1. The van der Waals surface area contributed by atoms with Gasteiger partial charge in [-0.2, -0.15) is 0 Å². The van der Waals surface area contributed by atoms with Crippen molar-refractivity contribution in [2.24, 2.45) is 5.92 Å². The number of nitrogens with zero attached hydrogens (tertiary/aromatic N) is 2. The minimum absolute atomic E-state index is 0.0353. The lowest BCUT2D eigenvalue weighted by atomic mass is 10.0. The molecule has 0 aromatic heterocycles. The van der Waals surface area contributed by atoms with Crippen molar-refractivity contribution in [3.8, 4) is 0 Å². The summed E-state index contributed by atoms with van der Waals surface area (Å²) in [5, 5.41) is 0.722. The second-order valence-electron chi connectivity index (χ2n) is 6.32. The lowest BCUT2D eigenvalue weighted by Crippen LogP contribution is -2.54. The molecule has 0 radical (unpaired) electrons. The van der Waals surface area contributed by atoms with E-state index in [0.717, 1.165) is 23.8 Å². The molecule has 1 aromatic rings. The van der Waals surface area contributed by atoms with E-state index in [1.54, 1.807) is 0 Å². The van der Waals surface area contributed by atoms with Gasteiger partial charge in [-0.1, -0.05) is 17.7 Å². The molecule has 0 spiro atoms. The monoisotopic (exact) mass is 336 g/mol. The minimum atomic E-state index is -0.193. The van der Waals surface area contributed by atoms with Gasteiger partial charge in [0.1, 0.15) is 0 Å². The van der Waals surface area contributed by atoms with Crippen LogP contribution < -0.4 is 4.90 Å². The first-order valence-electron chi connectivity index (χ1n) is 7.98. The summed E-state index contributed by atoms with van der Waals surface area (Å²) in [5.41, 5.74) is 1.09. The number of cyclic esters (lactones) is 1. The van der Waals surface area contributed by atoms with E-state index in [1.165, 1.54) is 0 Å². The third-order valence-electron chi connectivity index (χ3n) is 4.52. The quantitative estimate of drug-likeness (QED) is 0.795. The Morgan fingerprint density at radius 1 is 1.39 bits per heavy atom. The number of hydrogen-bond donors (Lipinski definition) is 0. The van der Waals surface area contributed by atoms with E-state index in [0.29, 0.717) is 26.0 Å². The van der Waals surface area contributed by atoms with Crippen molar-refractivity contribution < 1.29 is 14.3 Å². The van der Waals surface area contributed by atoms with Crippen LogP contribution in [0.5, 0.6) is 0 Å². The fourth-order valence-corrected chi connectivity index (χ4v) is 3.48. The summed E-state index contributed by atoms with van der Waals surface area (Å²) in [4.78, 5) is 27.8. The number of amides is 1. The van der Waals surface area contributed by atoms with Gasteiger partial charge in [0.15, 0.2) is 0 Å². The highest BCUT2D eigenvalue weighted by atomic mass is 35.5. The molecule has 0 unspecified atom stereocenters. The van der Waals surface area contributed by atoms with Crippen LogP contribution in [-0.2, 0) is 14.3 Å². The predicted octanol–water partition coefficient (Wildman–Crippen LogP) is 2.33. The van der Waals surface area contributed by atoms with Crippen LogP contribution >= 0.6 is 11.6 Å². The topological polar surface area (TPSA) is 49.9 Å². The van der Waals surface area contributed by atoms with E-state index < -0.39 is 0 Å². The molecule has 2 aliphatic rings. The highest BCUT2D eigenvalue weighted by Gasteiger charge is 2.32. The van der Waals surface area contributed by atoms with Gasteiger partial charge in [0.05, 0.1) is 13.0 Å². The molecule has 0 bridgehead atoms. The van der Waals surface area contributed by atoms with Gasteiger partial charge in [0.25, 0.3) is 0 Å². The van der Waals surface area contributed by atoms with Crippen molar-refractivity contribution in [2.45, 2.75) is 25.8 Å². The molecule has 124 valence electrons. The van der Waals surface area contributed by atoms with Crippen molar-refractivity contribution in [1.29, 1.82) is 0 Å². The van der Waals surface area contributed by atoms with Gasteiger partial charge in [-0.15, -0.1) is 0 Å². The highest BCUT2D eigenvalue weighted by molar-refractivity contribution is 6.30. The lowest BCUT2D eigenvalue weighted by molar-refractivity contribution is -0.138. The molecule has 6 heteroatoms. The van der Waals surface area contributed by atoms with Crippen LogP contribution in [0.15, 0.2) is 24.3 Å². The summed E-state index contributed by atoms with van der Waals surface area (Å²) in [6, 6.07) is 7.93. The van der Waals surface area contributed by atoms with Gasteiger partial charge in [-0.05, 0) is 25.1 Å². The van der Waals surface area contributed by atoms with Crippen LogP contribution in [0.1, 0.15) is 19.8 Å². The van der Waals surface area contributed by atoms with Gasteiger partial charge < -0.3 is 14.5 Å². The second-order valence-corrected chi connectivity index (χ2v) is 6.76. The molecular weight excluding hydrogens is 316 g/mol. The molecule has 23 heavy (non-hydrogen) atoms. The van der Waals surface area contributed by atoms with E-state index in [9.17, 15) is 9.59 Å². The Labute approximate surface area is 141 Å². The molecule has 1 amide bonds. The minimum Gasteiger partial charge on any atom is -0.465 e. The maximum absolute atomic E-state index is 12.5. The summed E-state index contributed by atoms with van der Waals surface area (Å²) in [6.45, 7) is 4.70. The van der Waals surface area contributed by atoms with Gasteiger partial charge in [-0.3, -0.25) is 9.59 Å². The van der Waals surface area contributed by atoms with Gasteiger partial charge in [0.2, 0.25) is 5.91 Å². The van der Waals surface area contributed by atoms with Gasteiger partial charge >= 0.3 is 5.97 Å². The average molecular weight is 337 g/mol. The number of ether oxygens (including phenoxy) is 1. The first-order valence-corrected chi connectivity index (χ1v) is 8.36. The molecule has 2 heterocycles. The summed E-state index contributed by atoms with van der Waals surface area (Å²) in [5.74, 6) is -0.0404. The molecule has 3 rings (SSSR count). The molecule has 0 saturated carbocycles. The molecule has 2 atom stereocenters. The van der Waals surface area contributed by atoms with Crippen LogP contribution in [0.25, 0.3) is 0 Å². The Hall–Kier alpha value is -1.75. The summed E-state index contributed by atoms with van der Waals surface area (Å²) < 4.78 is 4.94. The third kappa shape index (κ3) is 3.78. The number of carbonyl (C=O) groups is 2. The standard InChI is InChI=1S/C17H21ClN2O3/c1-12-10-19(15-4-2-3-14(18)9-15)5-6-20(12)16(21)7-13-8-17(22)23-11-13/h2-4,9,12-13H,5-8,10-11H2,1H3/t12-,13+/m0/s1. The molecule has 2 saturated heterocycles. The smallest absolute Gasteiger partial charge is 0.306 e. The number of piperazine rings is 1. The number of benzene rings is 1. The Bertz CT molecular complexity index is 607. The van der Waals surface area contributed by atoms with Crippen LogP contribution in [0, 0.1) is 5.92 Å². The van der Waals surface area contributed by atoms with E-state index in [4.69, 9.17) is 16.3 Å². The van der Waals surface area contributed by atoms with Crippen LogP contribution in [0.4, 0.5) is 5.69 Å². The first-order chi connectivity index (χ1) is 11.0. The number of anilines is 1. The van der Waals surface area contributed by atoms with Crippen LogP contribution in [-0.4, -0.2) is 49.1 Å². The van der Waals surface area contributed by atoms with Crippen molar-refractivity contribution in [2.75, 3.05) is 31.1 Å². The zero-order valence-electron chi connectivity index (χ0n) is 13.2. The van der Waals surface area contributed by atoms with Crippen LogP contribution in [0.3, 0.4) is 0 Å². The van der Waals surface area contributed by atoms with Crippen LogP contribution in [0.2, 0.25) is 5.02 Å². The molecule has 2 aliphatic heterocycles. The Morgan fingerprint density at radius 3 is 2.87 bits per heavy atom. The number of esters is 1.